The molecule has 0 radical (unpaired) electrons. The molecule has 5 heteroatoms. The number of nitrogens with one attached hydrogen (secondary N) is 2. The van der Waals surface area contributed by atoms with E-state index in [4.69, 9.17) is 5.84 Å². The molecular formula is C13H23N5. The molecule has 1 fully saturated rings. The second-order valence-corrected chi connectivity index (χ2v) is 5.97. The normalized spacial score (nSPS) is 22.6. The highest BCUT2D eigenvalue weighted by Gasteiger charge is 2.28. The molecule has 0 bridgehead atoms. The van der Waals surface area contributed by atoms with Crippen molar-refractivity contribution in [3.8, 4) is 0 Å². The van der Waals surface area contributed by atoms with Crippen molar-refractivity contribution in [3.63, 3.8) is 0 Å². The average molecular weight is 249 g/mol. The maximum absolute atomic E-state index is 5.34. The van der Waals surface area contributed by atoms with Crippen LogP contribution in [0.5, 0.6) is 0 Å². The van der Waals surface area contributed by atoms with Crippen molar-refractivity contribution in [1.82, 2.24) is 9.97 Å². The van der Waals surface area contributed by atoms with Gasteiger partial charge in [0.25, 0.3) is 0 Å². The summed E-state index contributed by atoms with van der Waals surface area (Å²) in [7, 11) is 0. The fourth-order valence-corrected chi connectivity index (χ4v) is 2.67. The Morgan fingerprint density at radius 2 is 2.22 bits per heavy atom. The lowest BCUT2D eigenvalue weighted by Crippen LogP contribution is -2.32. The van der Waals surface area contributed by atoms with Crippen LogP contribution >= 0.6 is 0 Å². The number of rotatable bonds is 3. The zero-order valence-corrected chi connectivity index (χ0v) is 11.5. The van der Waals surface area contributed by atoms with Crippen LogP contribution in [-0.4, -0.2) is 16.0 Å². The molecule has 1 atom stereocenters. The third kappa shape index (κ3) is 3.10. The number of nitrogen functional groups attached to an aromatic ring is 1. The molecule has 1 aliphatic rings. The van der Waals surface area contributed by atoms with Gasteiger partial charge in [-0.05, 0) is 31.6 Å². The summed E-state index contributed by atoms with van der Waals surface area (Å²) in [4.78, 5) is 8.47. The van der Waals surface area contributed by atoms with Gasteiger partial charge in [0, 0.05) is 17.8 Å². The number of nitrogens with zero attached hydrogens (tertiary/aromatic N) is 2. The van der Waals surface area contributed by atoms with Gasteiger partial charge >= 0.3 is 0 Å². The first-order valence-corrected chi connectivity index (χ1v) is 6.57. The van der Waals surface area contributed by atoms with E-state index in [1.165, 1.54) is 25.7 Å². The van der Waals surface area contributed by atoms with Crippen LogP contribution in [0.3, 0.4) is 0 Å². The van der Waals surface area contributed by atoms with Crippen molar-refractivity contribution in [2.24, 2.45) is 11.3 Å². The Hall–Kier alpha value is -1.36. The lowest BCUT2D eigenvalue weighted by atomic mass is 9.75. The van der Waals surface area contributed by atoms with Crippen molar-refractivity contribution in [2.45, 2.75) is 52.5 Å². The van der Waals surface area contributed by atoms with Crippen molar-refractivity contribution in [1.29, 1.82) is 0 Å². The van der Waals surface area contributed by atoms with E-state index < -0.39 is 0 Å². The van der Waals surface area contributed by atoms with Crippen LogP contribution in [0.1, 0.15) is 45.1 Å². The standard InChI is InChI=1S/C13H23N5/c1-9-8-15-12(18-14)17-11(9)16-10-5-4-6-13(2,3)7-10/h8,10H,4-7,14H2,1-3H3,(H2,15,16,17,18). The van der Waals surface area contributed by atoms with E-state index in [0.717, 1.165) is 11.4 Å². The van der Waals surface area contributed by atoms with E-state index in [-0.39, 0.29) is 0 Å². The van der Waals surface area contributed by atoms with Gasteiger partial charge in [-0.1, -0.05) is 20.3 Å². The van der Waals surface area contributed by atoms with Crippen LogP contribution in [-0.2, 0) is 0 Å². The van der Waals surface area contributed by atoms with Gasteiger partial charge in [0.1, 0.15) is 5.82 Å². The number of hydrogen-bond acceptors (Lipinski definition) is 5. The summed E-state index contributed by atoms with van der Waals surface area (Å²) in [6.07, 6.45) is 6.76. The molecular weight excluding hydrogens is 226 g/mol. The maximum Gasteiger partial charge on any atom is 0.239 e. The summed E-state index contributed by atoms with van der Waals surface area (Å²) >= 11 is 0. The zero-order chi connectivity index (χ0) is 13.2. The Morgan fingerprint density at radius 3 is 2.89 bits per heavy atom. The smallest absolute Gasteiger partial charge is 0.239 e. The summed E-state index contributed by atoms with van der Waals surface area (Å²) < 4.78 is 0. The first kappa shape index (κ1) is 13.1. The minimum Gasteiger partial charge on any atom is -0.367 e. The number of hydrazine groups is 1. The van der Waals surface area contributed by atoms with Crippen LogP contribution in [0.25, 0.3) is 0 Å². The Morgan fingerprint density at radius 1 is 1.44 bits per heavy atom. The summed E-state index contributed by atoms with van der Waals surface area (Å²) in [6.45, 7) is 6.68. The van der Waals surface area contributed by atoms with E-state index in [9.17, 15) is 0 Å². The minimum absolute atomic E-state index is 0.422. The van der Waals surface area contributed by atoms with E-state index in [2.05, 4.69) is 34.6 Å². The first-order chi connectivity index (χ1) is 8.50. The number of anilines is 2. The number of aryl methyl sites for hydroxylation is 1. The second-order valence-electron chi connectivity index (χ2n) is 5.97. The minimum atomic E-state index is 0.422. The molecule has 2 rings (SSSR count). The summed E-state index contributed by atoms with van der Waals surface area (Å²) in [5.41, 5.74) is 3.96. The van der Waals surface area contributed by atoms with Gasteiger partial charge in [-0.2, -0.15) is 4.98 Å². The van der Waals surface area contributed by atoms with E-state index in [0.29, 0.717) is 17.4 Å². The molecule has 100 valence electrons. The summed E-state index contributed by atoms with van der Waals surface area (Å²) in [5.74, 6) is 6.69. The van der Waals surface area contributed by atoms with Crippen molar-refractivity contribution in [2.75, 3.05) is 10.7 Å². The van der Waals surface area contributed by atoms with Gasteiger partial charge in [0.2, 0.25) is 5.95 Å². The molecule has 4 N–H and O–H groups in total. The van der Waals surface area contributed by atoms with Crippen molar-refractivity contribution in [3.05, 3.63) is 11.8 Å². The molecule has 0 saturated heterocycles. The van der Waals surface area contributed by atoms with Crippen LogP contribution in [0, 0.1) is 12.3 Å². The topological polar surface area (TPSA) is 75.9 Å². The highest BCUT2D eigenvalue weighted by molar-refractivity contribution is 5.46. The monoisotopic (exact) mass is 249 g/mol. The Kier molecular flexibility index (Phi) is 3.71. The van der Waals surface area contributed by atoms with Crippen LogP contribution < -0.4 is 16.6 Å². The third-order valence-corrected chi connectivity index (χ3v) is 3.65. The second kappa shape index (κ2) is 5.10. The quantitative estimate of drug-likeness (QED) is 0.566. The third-order valence-electron chi connectivity index (χ3n) is 3.65. The van der Waals surface area contributed by atoms with Crippen molar-refractivity contribution < 1.29 is 0 Å². The molecule has 1 heterocycles. The number of aromatic nitrogens is 2. The van der Waals surface area contributed by atoms with E-state index in [1.54, 1.807) is 6.20 Å². The maximum atomic E-state index is 5.34. The molecule has 0 aliphatic heterocycles. The average Bonchev–Trinajstić information content (AvgIpc) is 2.31. The highest BCUT2D eigenvalue weighted by Crippen LogP contribution is 2.36. The summed E-state index contributed by atoms with van der Waals surface area (Å²) in [6, 6.07) is 0.493. The van der Waals surface area contributed by atoms with Gasteiger partial charge < -0.3 is 5.32 Å². The molecule has 1 unspecified atom stereocenters. The highest BCUT2D eigenvalue weighted by atomic mass is 15.3. The predicted octanol–water partition coefficient (Wildman–Crippen LogP) is 2.45. The fraction of sp³-hybridized carbons (Fsp3) is 0.692. The zero-order valence-electron chi connectivity index (χ0n) is 11.5. The van der Waals surface area contributed by atoms with Crippen LogP contribution in [0.2, 0.25) is 0 Å². The molecule has 5 nitrogen and oxygen atoms in total. The Bertz CT molecular complexity index is 416. The van der Waals surface area contributed by atoms with E-state index in [1.807, 2.05) is 6.92 Å². The lowest BCUT2D eigenvalue weighted by Gasteiger charge is -2.36. The molecule has 1 aromatic heterocycles. The molecule has 1 aromatic rings. The van der Waals surface area contributed by atoms with Gasteiger partial charge in [0.05, 0.1) is 0 Å². The summed E-state index contributed by atoms with van der Waals surface area (Å²) in [5, 5.41) is 3.53. The van der Waals surface area contributed by atoms with Gasteiger partial charge in [0.15, 0.2) is 0 Å². The van der Waals surface area contributed by atoms with E-state index >= 15 is 0 Å². The lowest BCUT2D eigenvalue weighted by molar-refractivity contribution is 0.229. The molecule has 18 heavy (non-hydrogen) atoms. The Balaban J connectivity index is 2.09. The largest absolute Gasteiger partial charge is 0.367 e. The van der Waals surface area contributed by atoms with Gasteiger partial charge in [-0.3, -0.25) is 5.43 Å². The molecule has 0 aromatic carbocycles. The van der Waals surface area contributed by atoms with Gasteiger partial charge in [-0.25, -0.2) is 10.8 Å². The molecule has 0 spiro atoms. The number of hydrogen-bond donors (Lipinski definition) is 3. The SMILES string of the molecule is Cc1cnc(NN)nc1NC1CCCC(C)(C)C1. The Labute approximate surface area is 109 Å². The van der Waals surface area contributed by atoms with Crippen LogP contribution in [0.15, 0.2) is 6.20 Å². The molecule has 1 saturated carbocycles. The predicted molar refractivity (Wildman–Crippen MR) is 74.2 cm³/mol. The number of nitrogens with two attached hydrogens (primary N) is 1. The molecule has 0 amide bonds. The van der Waals surface area contributed by atoms with Gasteiger partial charge in [-0.15, -0.1) is 0 Å². The fourth-order valence-electron chi connectivity index (χ4n) is 2.67. The first-order valence-electron chi connectivity index (χ1n) is 6.57. The van der Waals surface area contributed by atoms with Crippen LogP contribution in [0.4, 0.5) is 11.8 Å². The van der Waals surface area contributed by atoms with Crippen molar-refractivity contribution >= 4 is 11.8 Å². The molecule has 1 aliphatic carbocycles.